The van der Waals surface area contributed by atoms with Crippen molar-refractivity contribution in [3.63, 3.8) is 0 Å². The van der Waals surface area contributed by atoms with E-state index in [9.17, 15) is 14.9 Å². The molecule has 3 rings (SSSR count). The average molecular weight is 408 g/mol. The molecule has 1 heterocycles. The summed E-state index contributed by atoms with van der Waals surface area (Å²) < 4.78 is 5.15. The molecule has 3 N–H and O–H groups in total. The van der Waals surface area contributed by atoms with Gasteiger partial charge < -0.3 is 10.1 Å². The van der Waals surface area contributed by atoms with E-state index >= 15 is 0 Å². The Bertz CT molecular complexity index is 1080. The van der Waals surface area contributed by atoms with E-state index in [0.29, 0.717) is 11.4 Å². The van der Waals surface area contributed by atoms with E-state index in [0.717, 1.165) is 17.5 Å². The van der Waals surface area contributed by atoms with Crippen molar-refractivity contribution in [2.75, 3.05) is 17.9 Å². The van der Waals surface area contributed by atoms with E-state index in [-0.39, 0.29) is 17.2 Å². The lowest BCUT2D eigenvalue weighted by Crippen LogP contribution is -2.30. The van der Waals surface area contributed by atoms with Gasteiger partial charge in [-0.3, -0.25) is 25.8 Å². The normalized spacial score (nSPS) is 10.2. The molecule has 0 aliphatic heterocycles. The second-order valence-corrected chi connectivity index (χ2v) is 6.46. The van der Waals surface area contributed by atoms with Crippen LogP contribution in [0.2, 0.25) is 0 Å². The van der Waals surface area contributed by atoms with Crippen LogP contribution in [0.5, 0.6) is 5.75 Å². The fraction of sp³-hybridized carbons (Fsp3) is 0.150. The number of nitro groups is 1. The standard InChI is InChI=1S/C20H20N6O4/c1-12-8-13(2)10-14(9-12)23-18-17(26(28)29)19(22-11-21-18)24-25-20(27)15-6-4-5-7-16(15)30-3/h4-11H,1-3H3,(H,25,27)(H2,21,22,23,24). The van der Waals surface area contributed by atoms with Crippen molar-refractivity contribution in [1.29, 1.82) is 0 Å². The highest BCUT2D eigenvalue weighted by molar-refractivity contribution is 5.97. The van der Waals surface area contributed by atoms with Crippen molar-refractivity contribution in [3.05, 3.63) is 75.6 Å². The second-order valence-electron chi connectivity index (χ2n) is 6.46. The Balaban J connectivity index is 1.86. The number of benzene rings is 2. The van der Waals surface area contributed by atoms with Crippen LogP contribution in [-0.2, 0) is 0 Å². The smallest absolute Gasteiger partial charge is 0.355 e. The van der Waals surface area contributed by atoms with Crippen molar-refractivity contribution in [2.24, 2.45) is 0 Å². The molecule has 0 unspecified atom stereocenters. The number of aryl methyl sites for hydroxylation is 2. The van der Waals surface area contributed by atoms with Crippen LogP contribution in [0.25, 0.3) is 0 Å². The fourth-order valence-electron chi connectivity index (χ4n) is 2.93. The van der Waals surface area contributed by atoms with Crippen LogP contribution in [0.1, 0.15) is 21.5 Å². The van der Waals surface area contributed by atoms with Gasteiger partial charge in [0.2, 0.25) is 11.6 Å². The predicted octanol–water partition coefficient (Wildman–Crippen LogP) is 3.51. The molecular formula is C20H20N6O4. The number of aromatic nitrogens is 2. The van der Waals surface area contributed by atoms with Crippen molar-refractivity contribution in [2.45, 2.75) is 13.8 Å². The molecule has 10 nitrogen and oxygen atoms in total. The largest absolute Gasteiger partial charge is 0.496 e. The minimum absolute atomic E-state index is 0.00552. The zero-order chi connectivity index (χ0) is 21.7. The number of hydrogen-bond acceptors (Lipinski definition) is 8. The van der Waals surface area contributed by atoms with Gasteiger partial charge in [0, 0.05) is 5.69 Å². The van der Waals surface area contributed by atoms with E-state index in [1.165, 1.54) is 7.11 Å². The van der Waals surface area contributed by atoms with Gasteiger partial charge in [-0.1, -0.05) is 18.2 Å². The van der Waals surface area contributed by atoms with Gasteiger partial charge in [0.1, 0.15) is 12.1 Å². The Hall–Kier alpha value is -4.21. The number of carbonyl (C=O) groups excluding carboxylic acids is 1. The van der Waals surface area contributed by atoms with Crippen molar-refractivity contribution in [1.82, 2.24) is 15.4 Å². The number of amides is 1. The molecule has 2 aromatic carbocycles. The number of ether oxygens (including phenoxy) is 1. The maximum absolute atomic E-state index is 12.4. The quantitative estimate of drug-likeness (QED) is 0.400. The number of nitrogens with zero attached hydrogens (tertiary/aromatic N) is 3. The molecular weight excluding hydrogens is 388 g/mol. The van der Waals surface area contributed by atoms with Crippen LogP contribution >= 0.6 is 0 Å². The maximum atomic E-state index is 12.4. The van der Waals surface area contributed by atoms with E-state index in [4.69, 9.17) is 4.74 Å². The number of hydrazine groups is 1. The second kappa shape index (κ2) is 8.86. The summed E-state index contributed by atoms with van der Waals surface area (Å²) in [6.45, 7) is 3.85. The molecule has 0 spiro atoms. The lowest BCUT2D eigenvalue weighted by Gasteiger charge is -2.12. The van der Waals surface area contributed by atoms with Gasteiger partial charge in [-0.25, -0.2) is 9.97 Å². The van der Waals surface area contributed by atoms with Crippen molar-refractivity contribution < 1.29 is 14.5 Å². The van der Waals surface area contributed by atoms with Crippen LogP contribution < -0.4 is 20.9 Å². The van der Waals surface area contributed by atoms with Gasteiger partial charge in [-0.15, -0.1) is 0 Å². The Kier molecular flexibility index (Phi) is 6.06. The molecule has 0 saturated carbocycles. The van der Waals surface area contributed by atoms with E-state index in [1.54, 1.807) is 24.3 Å². The summed E-state index contributed by atoms with van der Waals surface area (Å²) in [5.41, 5.74) is 7.41. The summed E-state index contributed by atoms with van der Waals surface area (Å²) in [6, 6.07) is 12.3. The molecule has 0 fully saturated rings. The summed E-state index contributed by atoms with van der Waals surface area (Å²) in [5.74, 6) is -0.338. The summed E-state index contributed by atoms with van der Waals surface area (Å²) >= 11 is 0. The predicted molar refractivity (Wildman–Crippen MR) is 112 cm³/mol. The van der Waals surface area contributed by atoms with Gasteiger partial charge in [-0.05, 0) is 49.2 Å². The lowest BCUT2D eigenvalue weighted by molar-refractivity contribution is -0.383. The zero-order valence-corrected chi connectivity index (χ0v) is 16.6. The first-order valence-corrected chi connectivity index (χ1v) is 8.93. The fourth-order valence-corrected chi connectivity index (χ4v) is 2.93. The van der Waals surface area contributed by atoms with Crippen LogP contribution in [-0.4, -0.2) is 27.9 Å². The Labute approximate surface area is 172 Å². The molecule has 1 amide bonds. The number of hydrogen-bond donors (Lipinski definition) is 3. The molecule has 154 valence electrons. The first-order chi connectivity index (χ1) is 14.4. The van der Waals surface area contributed by atoms with Gasteiger partial charge >= 0.3 is 5.69 Å². The number of nitrogens with one attached hydrogen (secondary N) is 3. The Morgan fingerprint density at radius 3 is 2.40 bits per heavy atom. The summed E-state index contributed by atoms with van der Waals surface area (Å²) in [7, 11) is 1.44. The molecule has 0 saturated heterocycles. The summed E-state index contributed by atoms with van der Waals surface area (Å²) in [6.07, 6.45) is 1.16. The molecule has 0 bridgehead atoms. The Morgan fingerprint density at radius 2 is 1.73 bits per heavy atom. The minimum Gasteiger partial charge on any atom is -0.496 e. The first kappa shape index (κ1) is 20.5. The zero-order valence-electron chi connectivity index (χ0n) is 16.6. The van der Waals surface area contributed by atoms with Crippen LogP contribution in [0.15, 0.2) is 48.8 Å². The molecule has 0 radical (unpaired) electrons. The molecule has 30 heavy (non-hydrogen) atoms. The molecule has 10 heteroatoms. The third-order valence-corrected chi connectivity index (χ3v) is 4.14. The lowest BCUT2D eigenvalue weighted by atomic mass is 10.1. The van der Waals surface area contributed by atoms with Crippen LogP contribution in [0.4, 0.5) is 23.0 Å². The highest BCUT2D eigenvalue weighted by Crippen LogP contribution is 2.31. The number of carbonyl (C=O) groups is 1. The highest BCUT2D eigenvalue weighted by atomic mass is 16.6. The SMILES string of the molecule is COc1ccccc1C(=O)NNc1ncnc(Nc2cc(C)cc(C)c2)c1[N+](=O)[O-]. The third-order valence-electron chi connectivity index (χ3n) is 4.14. The van der Waals surface area contributed by atoms with Crippen LogP contribution in [0.3, 0.4) is 0 Å². The summed E-state index contributed by atoms with van der Waals surface area (Å²) in [5, 5.41) is 14.6. The topological polar surface area (TPSA) is 131 Å². The van der Waals surface area contributed by atoms with E-state index in [2.05, 4.69) is 26.1 Å². The number of anilines is 3. The minimum atomic E-state index is -0.622. The van der Waals surface area contributed by atoms with E-state index < -0.39 is 16.5 Å². The molecule has 1 aromatic heterocycles. The van der Waals surface area contributed by atoms with Gasteiger partial charge in [0.25, 0.3) is 5.91 Å². The van der Waals surface area contributed by atoms with Gasteiger partial charge in [-0.2, -0.15) is 0 Å². The number of para-hydroxylation sites is 1. The highest BCUT2D eigenvalue weighted by Gasteiger charge is 2.24. The average Bonchev–Trinajstić information content (AvgIpc) is 2.71. The Morgan fingerprint density at radius 1 is 1.07 bits per heavy atom. The number of rotatable bonds is 7. The monoisotopic (exact) mass is 408 g/mol. The molecule has 0 aliphatic rings. The first-order valence-electron chi connectivity index (χ1n) is 8.93. The van der Waals surface area contributed by atoms with E-state index in [1.807, 2.05) is 32.0 Å². The molecule has 0 aliphatic carbocycles. The van der Waals surface area contributed by atoms with Crippen molar-refractivity contribution in [3.8, 4) is 5.75 Å². The number of methoxy groups -OCH3 is 1. The third kappa shape index (κ3) is 4.61. The summed E-state index contributed by atoms with van der Waals surface area (Å²) in [4.78, 5) is 31.4. The molecule has 0 atom stereocenters. The van der Waals surface area contributed by atoms with Gasteiger partial charge in [0.15, 0.2) is 0 Å². The molecule has 3 aromatic rings. The van der Waals surface area contributed by atoms with Gasteiger partial charge in [0.05, 0.1) is 17.6 Å². The maximum Gasteiger partial charge on any atom is 0.355 e. The van der Waals surface area contributed by atoms with Crippen molar-refractivity contribution >= 4 is 28.9 Å². The van der Waals surface area contributed by atoms with Crippen LogP contribution in [0, 0.1) is 24.0 Å².